The van der Waals surface area contributed by atoms with Gasteiger partial charge in [-0.25, -0.2) is 4.39 Å². The third-order valence-corrected chi connectivity index (χ3v) is 3.41. The van der Waals surface area contributed by atoms with Crippen LogP contribution in [0.2, 0.25) is 5.02 Å². The van der Waals surface area contributed by atoms with Gasteiger partial charge in [0.05, 0.1) is 17.8 Å². The molecular formula is C16H11ClFN3O4. The fourth-order valence-corrected chi connectivity index (χ4v) is 2.13. The first kappa shape index (κ1) is 16.7. The number of benzene rings is 1. The average molecular weight is 364 g/mol. The number of hydrogen-bond donors (Lipinski definition) is 2. The first-order valence-electron chi connectivity index (χ1n) is 7.06. The summed E-state index contributed by atoms with van der Waals surface area (Å²) in [6.45, 7) is -0.309. The highest BCUT2D eigenvalue weighted by molar-refractivity contribution is 6.31. The number of carbonyl (C=O) groups excluding carboxylic acids is 2. The molecule has 9 heteroatoms. The summed E-state index contributed by atoms with van der Waals surface area (Å²) < 4.78 is 23.2. The van der Waals surface area contributed by atoms with Gasteiger partial charge in [-0.3, -0.25) is 9.59 Å². The van der Waals surface area contributed by atoms with Crippen LogP contribution < -0.4 is 10.6 Å². The molecule has 7 nitrogen and oxygen atoms in total. The van der Waals surface area contributed by atoms with Gasteiger partial charge in [-0.05, 0) is 30.3 Å². The predicted octanol–water partition coefficient (Wildman–Crippen LogP) is 3.10. The van der Waals surface area contributed by atoms with Crippen LogP contribution in [0.4, 0.5) is 10.1 Å². The largest absolute Gasteiger partial charge is 0.461 e. The van der Waals surface area contributed by atoms with Crippen molar-refractivity contribution in [1.82, 2.24) is 10.5 Å². The van der Waals surface area contributed by atoms with Crippen LogP contribution in [0.5, 0.6) is 0 Å². The average Bonchev–Trinajstić information content (AvgIpc) is 3.26. The molecule has 0 aliphatic heterocycles. The van der Waals surface area contributed by atoms with Crippen molar-refractivity contribution in [1.29, 1.82) is 0 Å². The van der Waals surface area contributed by atoms with Gasteiger partial charge in [-0.1, -0.05) is 16.8 Å². The molecule has 2 N–H and O–H groups in total. The number of halogens is 2. The molecule has 0 aliphatic carbocycles. The Morgan fingerprint density at radius 3 is 2.76 bits per heavy atom. The summed E-state index contributed by atoms with van der Waals surface area (Å²) >= 11 is 5.63. The number of nitrogens with one attached hydrogen (secondary N) is 2. The summed E-state index contributed by atoms with van der Waals surface area (Å²) in [6.07, 6.45) is 1.46. The lowest BCUT2D eigenvalue weighted by Gasteiger charge is -2.06. The lowest BCUT2D eigenvalue weighted by molar-refractivity contribution is -0.115. The molecule has 2 heterocycles. The van der Waals surface area contributed by atoms with Crippen LogP contribution >= 0.6 is 11.6 Å². The topological polar surface area (TPSA) is 97.4 Å². The van der Waals surface area contributed by atoms with Gasteiger partial charge < -0.3 is 19.6 Å². The molecule has 0 saturated heterocycles. The Kier molecular flexibility index (Phi) is 4.80. The summed E-state index contributed by atoms with van der Waals surface area (Å²) in [4.78, 5) is 23.8. The molecular weight excluding hydrogens is 353 g/mol. The van der Waals surface area contributed by atoms with E-state index >= 15 is 0 Å². The minimum absolute atomic E-state index is 0.00373. The molecule has 0 fully saturated rings. The van der Waals surface area contributed by atoms with Crippen molar-refractivity contribution in [3.05, 3.63) is 59.2 Å². The third-order valence-electron chi connectivity index (χ3n) is 3.12. The Morgan fingerprint density at radius 1 is 1.20 bits per heavy atom. The van der Waals surface area contributed by atoms with Gasteiger partial charge in [0.25, 0.3) is 5.91 Å². The molecule has 2 amide bonds. The standard InChI is InChI=1S/C16H11ClFN3O4/c17-10-6-9(3-4-11(10)18)20-15(22)8-19-16(23)12-7-14(25-21-12)13-2-1-5-24-13/h1-7H,8H2,(H,19,23)(H,20,22). The maximum absolute atomic E-state index is 13.1. The number of amides is 2. The van der Waals surface area contributed by atoms with Gasteiger partial charge in [-0.2, -0.15) is 0 Å². The summed E-state index contributed by atoms with van der Waals surface area (Å²) in [5, 5.41) is 8.37. The SMILES string of the molecule is O=C(CNC(=O)c1cc(-c2ccco2)on1)Nc1ccc(F)c(Cl)c1. The van der Waals surface area contributed by atoms with Crippen molar-refractivity contribution >= 4 is 29.1 Å². The predicted molar refractivity (Wildman–Crippen MR) is 86.6 cm³/mol. The van der Waals surface area contributed by atoms with Crippen LogP contribution in [0.1, 0.15) is 10.5 Å². The maximum Gasteiger partial charge on any atom is 0.273 e. The maximum atomic E-state index is 13.1. The van der Waals surface area contributed by atoms with Crippen molar-refractivity contribution in [2.24, 2.45) is 0 Å². The van der Waals surface area contributed by atoms with Gasteiger partial charge in [-0.15, -0.1) is 0 Å². The Bertz CT molecular complexity index is 908. The Morgan fingerprint density at radius 2 is 2.04 bits per heavy atom. The van der Waals surface area contributed by atoms with E-state index in [1.54, 1.807) is 12.1 Å². The van der Waals surface area contributed by atoms with E-state index in [9.17, 15) is 14.0 Å². The number of hydrogen-bond acceptors (Lipinski definition) is 5. The molecule has 3 rings (SSSR count). The molecule has 2 aromatic heterocycles. The summed E-state index contributed by atoms with van der Waals surface area (Å²) in [6, 6.07) is 8.47. The lowest BCUT2D eigenvalue weighted by Crippen LogP contribution is -2.33. The number of nitrogens with zero attached hydrogens (tertiary/aromatic N) is 1. The molecule has 25 heavy (non-hydrogen) atoms. The van der Waals surface area contributed by atoms with Gasteiger partial charge in [0.15, 0.2) is 11.5 Å². The molecule has 128 valence electrons. The molecule has 0 spiro atoms. The minimum atomic E-state index is -0.591. The van der Waals surface area contributed by atoms with E-state index in [4.69, 9.17) is 20.5 Å². The molecule has 0 unspecified atom stereocenters. The van der Waals surface area contributed by atoms with Crippen LogP contribution in [0.25, 0.3) is 11.5 Å². The van der Waals surface area contributed by atoms with Crippen molar-refractivity contribution < 1.29 is 22.9 Å². The van der Waals surface area contributed by atoms with E-state index < -0.39 is 17.6 Å². The Labute approximate surface area is 145 Å². The van der Waals surface area contributed by atoms with Gasteiger partial charge >= 0.3 is 0 Å². The highest BCUT2D eigenvalue weighted by atomic mass is 35.5. The monoisotopic (exact) mass is 363 g/mol. The fourth-order valence-electron chi connectivity index (χ4n) is 1.95. The second kappa shape index (κ2) is 7.18. The number of anilines is 1. The number of furan rings is 1. The second-order valence-electron chi connectivity index (χ2n) is 4.91. The quantitative estimate of drug-likeness (QED) is 0.726. The van der Waals surface area contributed by atoms with Gasteiger partial charge in [0, 0.05) is 11.8 Å². The van der Waals surface area contributed by atoms with E-state index in [1.165, 1.54) is 24.5 Å². The smallest absolute Gasteiger partial charge is 0.273 e. The molecule has 0 saturated carbocycles. The molecule has 0 radical (unpaired) electrons. The van der Waals surface area contributed by atoms with E-state index in [1.807, 2.05) is 0 Å². The summed E-state index contributed by atoms with van der Waals surface area (Å²) in [7, 11) is 0. The van der Waals surface area contributed by atoms with Crippen molar-refractivity contribution in [3.8, 4) is 11.5 Å². The number of aromatic nitrogens is 1. The van der Waals surface area contributed by atoms with Crippen molar-refractivity contribution in [2.45, 2.75) is 0 Å². The van der Waals surface area contributed by atoms with Crippen LogP contribution in [0, 0.1) is 5.82 Å². The lowest BCUT2D eigenvalue weighted by atomic mass is 10.3. The number of rotatable bonds is 5. The number of carbonyl (C=O) groups is 2. The van der Waals surface area contributed by atoms with E-state index in [0.717, 1.165) is 6.07 Å². The van der Waals surface area contributed by atoms with Crippen molar-refractivity contribution in [3.63, 3.8) is 0 Å². The van der Waals surface area contributed by atoms with E-state index in [2.05, 4.69) is 15.8 Å². The minimum Gasteiger partial charge on any atom is -0.461 e. The first-order valence-corrected chi connectivity index (χ1v) is 7.44. The van der Waals surface area contributed by atoms with Gasteiger partial charge in [0.1, 0.15) is 5.82 Å². The van der Waals surface area contributed by atoms with Crippen LogP contribution in [-0.4, -0.2) is 23.5 Å². The summed E-state index contributed by atoms with van der Waals surface area (Å²) in [5.74, 6) is -0.968. The molecule has 0 bridgehead atoms. The van der Waals surface area contributed by atoms with E-state index in [0.29, 0.717) is 17.2 Å². The zero-order valence-electron chi connectivity index (χ0n) is 12.6. The van der Waals surface area contributed by atoms with Crippen LogP contribution in [0.15, 0.2) is 51.6 Å². The Hall–Kier alpha value is -3.13. The highest BCUT2D eigenvalue weighted by Gasteiger charge is 2.16. The highest BCUT2D eigenvalue weighted by Crippen LogP contribution is 2.21. The first-order chi connectivity index (χ1) is 12.0. The van der Waals surface area contributed by atoms with Crippen LogP contribution in [-0.2, 0) is 4.79 Å². The normalized spacial score (nSPS) is 10.5. The second-order valence-corrected chi connectivity index (χ2v) is 5.32. The summed E-state index contributed by atoms with van der Waals surface area (Å²) in [5.41, 5.74) is 0.316. The van der Waals surface area contributed by atoms with Gasteiger partial charge in [0.2, 0.25) is 11.7 Å². The molecule has 1 aromatic carbocycles. The zero-order valence-corrected chi connectivity index (χ0v) is 13.3. The Balaban J connectivity index is 1.55. The zero-order chi connectivity index (χ0) is 17.8. The fraction of sp³-hybridized carbons (Fsp3) is 0.0625. The van der Waals surface area contributed by atoms with E-state index in [-0.39, 0.29) is 17.3 Å². The molecule has 0 atom stereocenters. The van der Waals surface area contributed by atoms with Crippen LogP contribution in [0.3, 0.4) is 0 Å². The third kappa shape index (κ3) is 4.04. The molecule has 0 aliphatic rings. The van der Waals surface area contributed by atoms with Crippen molar-refractivity contribution in [2.75, 3.05) is 11.9 Å². The molecule has 3 aromatic rings.